The molecule has 0 aromatic heterocycles. The zero-order chi connectivity index (χ0) is 10.1. The number of carbonyl (C=O) groups is 1. The molecule has 1 aromatic rings. The van der Waals surface area contributed by atoms with E-state index in [1.165, 1.54) is 6.08 Å². The molecule has 0 bridgehead atoms. The molecule has 4 nitrogen and oxygen atoms in total. The molecular formula is C10H10NO3+. The molecule has 0 saturated heterocycles. The van der Waals surface area contributed by atoms with E-state index >= 15 is 0 Å². The Kier molecular flexibility index (Phi) is 1.96. The fourth-order valence-electron chi connectivity index (χ4n) is 1.49. The Bertz CT molecular complexity index is 460. The van der Waals surface area contributed by atoms with Gasteiger partial charge in [-0.25, -0.2) is 4.79 Å². The Balaban J connectivity index is 2.82. The summed E-state index contributed by atoms with van der Waals surface area (Å²) in [6.07, 6.45) is 1.50. The number of methoxy groups -OCH3 is 2. The molecule has 1 N–H and O–H groups in total. The summed E-state index contributed by atoms with van der Waals surface area (Å²) >= 11 is 0. The van der Waals surface area contributed by atoms with Crippen LogP contribution in [0.2, 0.25) is 0 Å². The Morgan fingerprint density at radius 3 is 2.43 bits per heavy atom. The smallest absolute Gasteiger partial charge is 0.412 e. The van der Waals surface area contributed by atoms with Crippen molar-refractivity contribution < 1.29 is 19.3 Å². The zero-order valence-electron chi connectivity index (χ0n) is 7.96. The van der Waals surface area contributed by atoms with Gasteiger partial charge in [0, 0.05) is 0 Å². The third-order valence-corrected chi connectivity index (χ3v) is 2.13. The van der Waals surface area contributed by atoms with Crippen LogP contribution in [0.25, 0.3) is 6.08 Å². The van der Waals surface area contributed by atoms with Gasteiger partial charge in [-0.1, -0.05) is 0 Å². The number of nitrogens with one attached hydrogen (secondary N) is 1. The van der Waals surface area contributed by atoms with Crippen LogP contribution in [0, 0.1) is 0 Å². The normalized spacial score (nSPS) is 12.9. The maximum atomic E-state index is 11.2. The third kappa shape index (κ3) is 1.16. The molecule has 72 valence electrons. The average molecular weight is 192 g/mol. The lowest BCUT2D eigenvalue weighted by Gasteiger charge is -2.00. The maximum Gasteiger partial charge on any atom is 0.412 e. The minimum Gasteiger partial charge on any atom is -0.496 e. The zero-order valence-corrected chi connectivity index (χ0v) is 7.96. The van der Waals surface area contributed by atoms with Gasteiger partial charge in [0.25, 0.3) is 5.36 Å². The average Bonchev–Trinajstić information content (AvgIpc) is 2.57. The van der Waals surface area contributed by atoms with E-state index in [0.717, 1.165) is 5.22 Å². The van der Waals surface area contributed by atoms with Crippen LogP contribution in [0.4, 0.5) is 0 Å². The van der Waals surface area contributed by atoms with Crippen LogP contribution >= 0.6 is 0 Å². The van der Waals surface area contributed by atoms with Gasteiger partial charge in [0.1, 0.15) is 11.0 Å². The molecule has 0 aliphatic carbocycles. The summed E-state index contributed by atoms with van der Waals surface area (Å²) in [6.45, 7) is 0. The molecule has 0 atom stereocenters. The molecule has 0 unspecified atom stereocenters. The van der Waals surface area contributed by atoms with Crippen LogP contribution in [0.15, 0.2) is 12.1 Å². The monoisotopic (exact) mass is 192 g/mol. The standard InChI is InChI=1S/C10H9NO3/c1-13-7-3-4-8(14-2)10-6(7)5-9(12)11-10/h3-5H,1-2H3/p+1. The van der Waals surface area contributed by atoms with E-state index in [1.54, 1.807) is 26.4 Å². The molecule has 1 amide bonds. The van der Waals surface area contributed by atoms with Crippen LogP contribution in [0.3, 0.4) is 0 Å². The highest BCUT2D eigenvalue weighted by Gasteiger charge is 2.18. The lowest BCUT2D eigenvalue weighted by Crippen LogP contribution is -2.79. The van der Waals surface area contributed by atoms with Crippen molar-refractivity contribution in [2.75, 3.05) is 14.2 Å². The van der Waals surface area contributed by atoms with Crippen molar-refractivity contribution in [2.45, 2.75) is 0 Å². The lowest BCUT2D eigenvalue weighted by molar-refractivity contribution is -0.407. The number of amides is 1. The number of hydrogen-bond acceptors (Lipinski definition) is 3. The summed E-state index contributed by atoms with van der Waals surface area (Å²) in [5.41, 5.74) is 0. The molecule has 0 saturated carbocycles. The van der Waals surface area contributed by atoms with Gasteiger partial charge in [0.05, 0.1) is 20.3 Å². The minimum absolute atomic E-state index is 0.150. The van der Waals surface area contributed by atoms with E-state index in [0.29, 0.717) is 16.9 Å². The summed E-state index contributed by atoms with van der Waals surface area (Å²) in [5.74, 6) is 1.16. The highest BCUT2D eigenvalue weighted by molar-refractivity contribution is 5.98. The Morgan fingerprint density at radius 2 is 1.79 bits per heavy atom. The first kappa shape index (κ1) is 8.74. The maximum absolute atomic E-state index is 11.2. The predicted octanol–water partition coefficient (Wildman–Crippen LogP) is -2.28. The molecule has 14 heavy (non-hydrogen) atoms. The van der Waals surface area contributed by atoms with Gasteiger partial charge >= 0.3 is 5.91 Å². The highest BCUT2D eigenvalue weighted by atomic mass is 16.5. The number of hydrogen-bond donors (Lipinski definition) is 1. The molecule has 0 fully saturated rings. The van der Waals surface area contributed by atoms with Gasteiger partial charge in [-0.15, -0.1) is 0 Å². The van der Waals surface area contributed by atoms with Crippen molar-refractivity contribution in [3.63, 3.8) is 0 Å². The van der Waals surface area contributed by atoms with Gasteiger partial charge in [-0.2, -0.15) is 4.99 Å². The number of ether oxygens (including phenoxy) is 2. The first-order valence-electron chi connectivity index (χ1n) is 4.17. The van der Waals surface area contributed by atoms with Gasteiger partial charge < -0.3 is 9.47 Å². The van der Waals surface area contributed by atoms with Crippen molar-refractivity contribution >= 4 is 12.0 Å². The van der Waals surface area contributed by atoms with E-state index < -0.39 is 0 Å². The van der Waals surface area contributed by atoms with Crippen molar-refractivity contribution in [2.24, 2.45) is 0 Å². The summed E-state index contributed by atoms with van der Waals surface area (Å²) < 4.78 is 10.2. The second-order valence-electron chi connectivity index (χ2n) is 2.89. The number of benzene rings is 1. The van der Waals surface area contributed by atoms with Gasteiger partial charge in [0.15, 0.2) is 5.75 Å². The van der Waals surface area contributed by atoms with Crippen molar-refractivity contribution in [1.82, 2.24) is 0 Å². The summed E-state index contributed by atoms with van der Waals surface area (Å²) in [6, 6.07) is 3.53. The number of fused-ring (bicyclic) bond motifs is 1. The molecule has 1 aliphatic rings. The topological polar surface area (TPSA) is 49.5 Å². The van der Waals surface area contributed by atoms with E-state index in [1.807, 2.05) is 0 Å². The van der Waals surface area contributed by atoms with Crippen molar-refractivity contribution in [3.8, 4) is 11.5 Å². The van der Waals surface area contributed by atoms with E-state index in [2.05, 4.69) is 4.99 Å². The largest absolute Gasteiger partial charge is 0.496 e. The summed E-state index contributed by atoms with van der Waals surface area (Å²) in [7, 11) is 3.13. The van der Waals surface area contributed by atoms with Gasteiger partial charge in [-0.3, -0.25) is 0 Å². The molecule has 1 aliphatic heterocycles. The number of carbonyl (C=O) groups excluding carboxylic acids is 1. The Hall–Kier alpha value is -1.84. The van der Waals surface area contributed by atoms with E-state index in [4.69, 9.17) is 9.47 Å². The first-order chi connectivity index (χ1) is 6.76. The van der Waals surface area contributed by atoms with Gasteiger partial charge in [0.2, 0.25) is 0 Å². The van der Waals surface area contributed by atoms with Crippen LogP contribution < -0.4 is 25.0 Å². The van der Waals surface area contributed by atoms with Crippen LogP contribution in [0.5, 0.6) is 11.5 Å². The third-order valence-electron chi connectivity index (χ3n) is 2.13. The van der Waals surface area contributed by atoms with Gasteiger partial charge in [-0.05, 0) is 12.1 Å². The lowest BCUT2D eigenvalue weighted by atomic mass is 10.2. The predicted molar refractivity (Wildman–Crippen MR) is 48.3 cm³/mol. The second-order valence-corrected chi connectivity index (χ2v) is 2.89. The molecule has 4 heteroatoms. The fraction of sp³-hybridized carbons (Fsp3) is 0.200. The first-order valence-corrected chi connectivity index (χ1v) is 4.17. The molecule has 0 spiro atoms. The summed E-state index contributed by atoms with van der Waals surface area (Å²) in [4.78, 5) is 13.9. The molecular weight excluding hydrogens is 182 g/mol. The van der Waals surface area contributed by atoms with E-state index in [9.17, 15) is 4.79 Å². The Labute approximate surface area is 80.5 Å². The van der Waals surface area contributed by atoms with E-state index in [-0.39, 0.29) is 5.91 Å². The highest BCUT2D eigenvalue weighted by Crippen LogP contribution is 2.05. The summed E-state index contributed by atoms with van der Waals surface area (Å²) in [5, 5.41) is 1.42. The van der Waals surface area contributed by atoms with Crippen LogP contribution in [-0.2, 0) is 4.79 Å². The fourth-order valence-corrected chi connectivity index (χ4v) is 1.49. The molecule has 1 aromatic carbocycles. The number of rotatable bonds is 2. The quantitative estimate of drug-likeness (QED) is 0.574. The molecule has 2 rings (SSSR count). The molecule has 1 heterocycles. The molecule has 0 radical (unpaired) electrons. The van der Waals surface area contributed by atoms with Crippen LogP contribution in [-0.4, -0.2) is 20.1 Å². The SMILES string of the molecule is COc1ccc(OC)c2c1=CC(=O)[NH+]=2. The van der Waals surface area contributed by atoms with Crippen LogP contribution in [0.1, 0.15) is 0 Å². The minimum atomic E-state index is -0.150. The Morgan fingerprint density at radius 1 is 1.14 bits per heavy atom. The second kappa shape index (κ2) is 3.14. The van der Waals surface area contributed by atoms with Crippen molar-refractivity contribution in [3.05, 3.63) is 22.7 Å². The van der Waals surface area contributed by atoms with Crippen molar-refractivity contribution in [1.29, 1.82) is 0 Å².